The van der Waals surface area contributed by atoms with E-state index >= 15 is 0 Å². The third-order valence-electron chi connectivity index (χ3n) is 2.29. The number of primary amides is 1. The van der Waals surface area contributed by atoms with Gasteiger partial charge in [-0.2, -0.15) is 0 Å². The second-order valence-electron chi connectivity index (χ2n) is 3.34. The van der Waals surface area contributed by atoms with E-state index in [1.54, 1.807) is 18.2 Å². The van der Waals surface area contributed by atoms with Gasteiger partial charge in [0.2, 0.25) is 5.91 Å². The van der Waals surface area contributed by atoms with Crippen LogP contribution in [0.5, 0.6) is 0 Å². The number of benzene rings is 2. The van der Waals surface area contributed by atoms with Gasteiger partial charge < -0.3 is 5.73 Å². The molecular weight excluding hydrogens is 222 g/mol. The van der Waals surface area contributed by atoms with Crippen LogP contribution >= 0.6 is 11.6 Å². The highest BCUT2D eigenvalue weighted by Crippen LogP contribution is 2.26. The van der Waals surface area contributed by atoms with Crippen LogP contribution in [0.2, 0.25) is 5.02 Å². The molecule has 0 aliphatic heterocycles. The van der Waals surface area contributed by atoms with Crippen molar-refractivity contribution in [1.29, 1.82) is 0 Å². The molecule has 0 heterocycles. The Balaban J connectivity index is 2.43. The molecule has 0 saturated heterocycles. The van der Waals surface area contributed by atoms with Crippen molar-refractivity contribution in [2.75, 3.05) is 0 Å². The summed E-state index contributed by atoms with van der Waals surface area (Å²) in [6.07, 6.45) is 0. The Morgan fingerprint density at radius 1 is 1.19 bits per heavy atom. The Labute approximate surface area is 98.7 Å². The van der Waals surface area contributed by atoms with Crippen molar-refractivity contribution in [2.24, 2.45) is 5.73 Å². The second-order valence-corrected chi connectivity index (χ2v) is 3.72. The zero-order valence-corrected chi connectivity index (χ0v) is 9.16. The lowest BCUT2D eigenvalue weighted by Crippen LogP contribution is -2.10. The van der Waals surface area contributed by atoms with Crippen LogP contribution in [0, 0.1) is 6.07 Å². The smallest absolute Gasteiger partial charge is 0.248 e. The van der Waals surface area contributed by atoms with Crippen LogP contribution in [0.25, 0.3) is 11.1 Å². The summed E-state index contributed by atoms with van der Waals surface area (Å²) in [5, 5.41) is 0.564. The number of nitrogens with two attached hydrogens (primary N) is 1. The molecule has 0 aliphatic rings. The van der Waals surface area contributed by atoms with E-state index in [0.29, 0.717) is 10.6 Å². The fraction of sp³-hybridized carbons (Fsp3) is 0. The SMILES string of the molecule is NC(=O)c1ccc(-c2ccc[c]c2Cl)cc1. The molecule has 0 fully saturated rings. The van der Waals surface area contributed by atoms with Gasteiger partial charge in [-0.25, -0.2) is 0 Å². The Bertz CT molecular complexity index is 520. The minimum Gasteiger partial charge on any atom is -0.366 e. The fourth-order valence-corrected chi connectivity index (χ4v) is 1.69. The van der Waals surface area contributed by atoms with Gasteiger partial charge in [-0.3, -0.25) is 4.79 Å². The average molecular weight is 231 g/mol. The molecule has 79 valence electrons. The van der Waals surface area contributed by atoms with E-state index in [0.717, 1.165) is 11.1 Å². The van der Waals surface area contributed by atoms with Crippen LogP contribution in [-0.4, -0.2) is 5.91 Å². The van der Waals surface area contributed by atoms with Crippen LogP contribution in [0.1, 0.15) is 10.4 Å². The van der Waals surface area contributed by atoms with Crippen molar-refractivity contribution < 1.29 is 4.79 Å². The maximum atomic E-state index is 10.9. The first kappa shape index (κ1) is 10.7. The Kier molecular flexibility index (Phi) is 2.93. The quantitative estimate of drug-likeness (QED) is 0.847. The van der Waals surface area contributed by atoms with Crippen LogP contribution < -0.4 is 5.73 Å². The van der Waals surface area contributed by atoms with Gasteiger partial charge in [-0.1, -0.05) is 41.9 Å². The Morgan fingerprint density at radius 3 is 2.44 bits per heavy atom. The molecule has 2 N–H and O–H groups in total. The molecule has 16 heavy (non-hydrogen) atoms. The van der Waals surface area contributed by atoms with E-state index in [9.17, 15) is 4.79 Å². The molecule has 0 aliphatic carbocycles. The predicted molar refractivity (Wildman–Crippen MR) is 64.2 cm³/mol. The van der Waals surface area contributed by atoms with Crippen molar-refractivity contribution in [1.82, 2.24) is 0 Å². The summed E-state index contributed by atoms with van der Waals surface area (Å²) in [5.74, 6) is -0.433. The lowest BCUT2D eigenvalue weighted by atomic mass is 10.0. The summed E-state index contributed by atoms with van der Waals surface area (Å²) < 4.78 is 0. The minimum absolute atomic E-state index is 0.433. The van der Waals surface area contributed by atoms with Gasteiger partial charge in [-0.05, 0) is 17.7 Å². The van der Waals surface area contributed by atoms with Gasteiger partial charge >= 0.3 is 0 Å². The zero-order chi connectivity index (χ0) is 11.5. The van der Waals surface area contributed by atoms with Crippen LogP contribution in [-0.2, 0) is 0 Å². The number of hydrogen-bond donors (Lipinski definition) is 1. The van der Waals surface area contributed by atoms with E-state index in [1.807, 2.05) is 24.3 Å². The number of amides is 1. The molecule has 0 aromatic heterocycles. The van der Waals surface area contributed by atoms with Gasteiger partial charge in [0.1, 0.15) is 0 Å². The molecule has 2 aromatic rings. The number of halogens is 1. The molecule has 2 aromatic carbocycles. The third kappa shape index (κ3) is 2.07. The molecule has 0 spiro atoms. The molecule has 1 radical (unpaired) electrons. The number of hydrogen-bond acceptors (Lipinski definition) is 1. The molecule has 2 nitrogen and oxygen atoms in total. The van der Waals surface area contributed by atoms with E-state index in [-0.39, 0.29) is 0 Å². The second kappa shape index (κ2) is 4.37. The summed E-state index contributed by atoms with van der Waals surface area (Å²) in [5.41, 5.74) is 7.47. The normalized spacial score (nSPS) is 10.1. The topological polar surface area (TPSA) is 43.1 Å². The molecule has 0 bridgehead atoms. The molecule has 0 unspecified atom stereocenters. The van der Waals surface area contributed by atoms with Crippen molar-refractivity contribution in [3.8, 4) is 11.1 Å². The molecule has 1 amide bonds. The summed E-state index contributed by atoms with van der Waals surface area (Å²) in [6.45, 7) is 0. The maximum absolute atomic E-state index is 10.9. The van der Waals surface area contributed by atoms with E-state index in [4.69, 9.17) is 17.3 Å². The predicted octanol–water partition coefficient (Wildman–Crippen LogP) is 2.91. The average Bonchev–Trinajstić information content (AvgIpc) is 2.30. The van der Waals surface area contributed by atoms with Crippen molar-refractivity contribution >= 4 is 17.5 Å². The first-order valence-corrected chi connectivity index (χ1v) is 5.13. The Hall–Kier alpha value is -1.80. The van der Waals surface area contributed by atoms with Crippen molar-refractivity contribution in [2.45, 2.75) is 0 Å². The van der Waals surface area contributed by atoms with Gasteiger partial charge in [0.05, 0.1) is 5.02 Å². The van der Waals surface area contributed by atoms with Crippen molar-refractivity contribution in [3.63, 3.8) is 0 Å². The lowest BCUT2D eigenvalue weighted by molar-refractivity contribution is 0.100. The Morgan fingerprint density at radius 2 is 1.88 bits per heavy atom. The minimum atomic E-state index is -0.433. The van der Waals surface area contributed by atoms with E-state index < -0.39 is 5.91 Å². The molecule has 0 atom stereocenters. The highest BCUT2D eigenvalue weighted by atomic mass is 35.5. The summed E-state index contributed by atoms with van der Waals surface area (Å²) in [7, 11) is 0. The number of rotatable bonds is 2. The van der Waals surface area contributed by atoms with Gasteiger partial charge in [0.15, 0.2) is 0 Å². The highest BCUT2D eigenvalue weighted by molar-refractivity contribution is 6.33. The molecule has 0 saturated carbocycles. The van der Waals surface area contributed by atoms with Crippen LogP contribution in [0.4, 0.5) is 0 Å². The standard InChI is InChI=1S/C13H9ClNO/c14-12-4-2-1-3-11(12)9-5-7-10(8-6-9)13(15)16/h1-3,5-8H,(H2,15,16). The summed E-state index contributed by atoms with van der Waals surface area (Å²) in [6, 6.07) is 15.4. The largest absolute Gasteiger partial charge is 0.366 e. The van der Waals surface area contributed by atoms with Gasteiger partial charge in [-0.15, -0.1) is 0 Å². The molecule has 3 heteroatoms. The van der Waals surface area contributed by atoms with Crippen LogP contribution in [0.3, 0.4) is 0 Å². The monoisotopic (exact) mass is 230 g/mol. The number of carbonyl (C=O) groups excluding carboxylic acids is 1. The van der Waals surface area contributed by atoms with E-state index in [1.165, 1.54) is 0 Å². The van der Waals surface area contributed by atoms with Crippen LogP contribution in [0.15, 0.2) is 42.5 Å². The molecule has 2 rings (SSSR count). The third-order valence-corrected chi connectivity index (χ3v) is 2.60. The lowest BCUT2D eigenvalue weighted by Gasteiger charge is -2.04. The first-order chi connectivity index (χ1) is 7.68. The summed E-state index contributed by atoms with van der Waals surface area (Å²) >= 11 is 6.01. The molecular formula is C13H9ClNO. The highest BCUT2D eigenvalue weighted by Gasteiger charge is 2.04. The fourth-order valence-electron chi connectivity index (χ4n) is 1.45. The zero-order valence-electron chi connectivity index (χ0n) is 8.41. The van der Waals surface area contributed by atoms with Gasteiger partial charge in [0, 0.05) is 17.2 Å². The van der Waals surface area contributed by atoms with E-state index in [2.05, 4.69) is 6.07 Å². The maximum Gasteiger partial charge on any atom is 0.248 e. The first-order valence-electron chi connectivity index (χ1n) is 4.75. The van der Waals surface area contributed by atoms with Gasteiger partial charge in [0.25, 0.3) is 0 Å². The summed E-state index contributed by atoms with van der Waals surface area (Å²) in [4.78, 5) is 10.9. The van der Waals surface area contributed by atoms with Crippen molar-refractivity contribution in [3.05, 3.63) is 59.1 Å². The number of carbonyl (C=O) groups is 1.